The third-order valence-electron chi connectivity index (χ3n) is 6.06. The van der Waals surface area contributed by atoms with Gasteiger partial charge in [0.05, 0.1) is 17.6 Å². The van der Waals surface area contributed by atoms with Crippen molar-refractivity contribution in [1.82, 2.24) is 23.9 Å². The molecule has 0 fully saturated rings. The van der Waals surface area contributed by atoms with E-state index in [0.29, 0.717) is 28.0 Å². The molecule has 1 aliphatic rings. The Hall–Kier alpha value is -4.16. The van der Waals surface area contributed by atoms with Crippen molar-refractivity contribution in [2.24, 2.45) is 0 Å². The van der Waals surface area contributed by atoms with E-state index in [1.165, 1.54) is 12.4 Å². The number of aromatic nitrogens is 4. The fourth-order valence-electron chi connectivity index (χ4n) is 4.35. The van der Waals surface area contributed by atoms with Gasteiger partial charge in [0.1, 0.15) is 22.9 Å². The lowest BCUT2D eigenvalue weighted by molar-refractivity contribution is 0.163. The Kier molecular flexibility index (Phi) is 6.47. The Labute approximate surface area is 226 Å². The van der Waals surface area contributed by atoms with Crippen LogP contribution in [-0.2, 0) is 14.8 Å². The summed E-state index contributed by atoms with van der Waals surface area (Å²) >= 11 is 0. The highest BCUT2D eigenvalue weighted by molar-refractivity contribution is 7.90. The fourth-order valence-corrected chi connectivity index (χ4v) is 5.65. The van der Waals surface area contributed by atoms with E-state index < -0.39 is 27.8 Å². The molecular formula is C27H30N6O5S. The molecule has 1 aliphatic heterocycles. The first-order valence-corrected chi connectivity index (χ1v) is 13.8. The normalized spacial score (nSPS) is 15.0. The average Bonchev–Trinajstić information content (AvgIpc) is 3.45. The Morgan fingerprint density at radius 3 is 2.56 bits per heavy atom. The molecular weight excluding hydrogens is 520 g/mol. The van der Waals surface area contributed by atoms with Crippen LogP contribution in [0.5, 0.6) is 0 Å². The minimum atomic E-state index is -3.92. The maximum atomic E-state index is 13.5. The van der Waals surface area contributed by atoms with Gasteiger partial charge < -0.3 is 15.2 Å². The Bertz CT molecular complexity index is 1740. The summed E-state index contributed by atoms with van der Waals surface area (Å²) in [6.45, 7) is 9.20. The number of carbonyl (C=O) groups is 1. The van der Waals surface area contributed by atoms with Crippen molar-refractivity contribution in [3.63, 3.8) is 0 Å². The molecule has 0 bridgehead atoms. The van der Waals surface area contributed by atoms with Crippen LogP contribution in [0.4, 0.5) is 4.79 Å². The van der Waals surface area contributed by atoms with E-state index >= 15 is 0 Å². The van der Waals surface area contributed by atoms with Crippen LogP contribution in [0.3, 0.4) is 0 Å². The number of ether oxygens (including phenoxy) is 1. The number of allylic oxidation sites excluding steroid dienone is 2. The molecule has 4 aromatic rings. The number of pyridine rings is 1. The largest absolute Gasteiger partial charge is 0.413 e. The molecule has 39 heavy (non-hydrogen) atoms. The topological polar surface area (TPSA) is 132 Å². The number of aliphatic hydroxyl groups is 1. The van der Waals surface area contributed by atoms with Gasteiger partial charge in [-0.1, -0.05) is 17.7 Å². The van der Waals surface area contributed by atoms with Crippen molar-refractivity contribution >= 4 is 38.2 Å². The highest BCUT2D eigenvalue weighted by Gasteiger charge is 2.27. The molecule has 1 aromatic carbocycles. The van der Waals surface area contributed by atoms with Crippen LogP contribution in [0.1, 0.15) is 45.2 Å². The van der Waals surface area contributed by atoms with Crippen LogP contribution in [0.25, 0.3) is 22.1 Å². The molecule has 11 nitrogen and oxygen atoms in total. The summed E-state index contributed by atoms with van der Waals surface area (Å²) in [6, 6.07) is 8.27. The fraction of sp³-hybridized carbons (Fsp3) is 0.296. The summed E-state index contributed by atoms with van der Waals surface area (Å²) in [5.74, 6) is 0.695. The van der Waals surface area contributed by atoms with Crippen LogP contribution < -0.4 is 10.3 Å². The zero-order chi connectivity index (χ0) is 28.1. The Morgan fingerprint density at radius 1 is 1.18 bits per heavy atom. The van der Waals surface area contributed by atoms with E-state index in [2.05, 4.69) is 15.3 Å². The van der Waals surface area contributed by atoms with Crippen molar-refractivity contribution < 1.29 is 23.1 Å². The molecule has 0 aliphatic carbocycles. The zero-order valence-electron chi connectivity index (χ0n) is 22.3. The van der Waals surface area contributed by atoms with Crippen LogP contribution in [0.15, 0.2) is 71.7 Å². The van der Waals surface area contributed by atoms with Gasteiger partial charge in [0.15, 0.2) is 11.5 Å². The first-order chi connectivity index (χ1) is 18.3. The molecule has 3 aromatic heterocycles. The second kappa shape index (κ2) is 9.54. The molecule has 0 unspecified atom stereocenters. The highest BCUT2D eigenvalue weighted by atomic mass is 32.2. The molecule has 1 amide bonds. The van der Waals surface area contributed by atoms with Gasteiger partial charge in [-0.2, -0.15) is 0 Å². The molecule has 0 radical (unpaired) electrons. The molecule has 5 rings (SSSR count). The summed E-state index contributed by atoms with van der Waals surface area (Å²) in [5, 5.41) is 15.6. The monoisotopic (exact) mass is 550 g/mol. The first kappa shape index (κ1) is 26.4. The quantitative estimate of drug-likeness (QED) is 0.383. The van der Waals surface area contributed by atoms with Crippen molar-refractivity contribution in [3.05, 3.63) is 78.2 Å². The van der Waals surface area contributed by atoms with Gasteiger partial charge in [0.2, 0.25) is 0 Å². The van der Waals surface area contributed by atoms with Crippen molar-refractivity contribution in [1.29, 1.82) is 0 Å². The lowest BCUT2D eigenvalue weighted by atomic mass is 10.1. The maximum Gasteiger partial charge on any atom is 0.412 e. The molecule has 1 atom stereocenters. The van der Waals surface area contributed by atoms with E-state index in [1.807, 2.05) is 27.7 Å². The number of carbonyl (C=O) groups excluding carboxylic acids is 1. The lowest BCUT2D eigenvalue weighted by Gasteiger charge is -2.28. The van der Waals surface area contributed by atoms with Crippen molar-refractivity contribution in [2.45, 2.75) is 51.2 Å². The summed E-state index contributed by atoms with van der Waals surface area (Å²) < 4.78 is 35.3. The van der Waals surface area contributed by atoms with Crippen LogP contribution in [-0.4, -0.2) is 50.3 Å². The first-order valence-electron chi connectivity index (χ1n) is 12.4. The second-order valence-corrected chi connectivity index (χ2v) is 12.3. The third-order valence-corrected chi connectivity index (χ3v) is 7.74. The number of alkyl carbamates (subject to hydrolysis) is 1. The van der Waals surface area contributed by atoms with Gasteiger partial charge in [-0.15, -0.1) is 0 Å². The average molecular weight is 551 g/mol. The number of imidazole rings is 1. The molecule has 0 saturated carbocycles. The summed E-state index contributed by atoms with van der Waals surface area (Å²) in [7, 11) is -3.92. The summed E-state index contributed by atoms with van der Waals surface area (Å²) in [4.78, 5) is 21.5. The Balaban J connectivity index is 1.59. The minimum Gasteiger partial charge on any atom is -0.413 e. The number of benzene rings is 1. The third kappa shape index (κ3) is 5.00. The van der Waals surface area contributed by atoms with Crippen LogP contribution in [0.2, 0.25) is 0 Å². The number of amides is 1. The number of nitrogens with zero attached hydrogens (tertiary/aromatic N) is 5. The molecule has 4 heterocycles. The van der Waals surface area contributed by atoms with Crippen LogP contribution in [0, 0.1) is 6.92 Å². The SMILES string of the molecule is Cc1ccc(S(=O)(=O)n2ccc3c2ncc2nc([C@@H](C)O)n(N4C=CC=C(OC(=O)NC(C)(C)C)C4)c23)cc1. The van der Waals surface area contributed by atoms with Gasteiger partial charge in [-0.25, -0.2) is 31.8 Å². The van der Waals surface area contributed by atoms with E-state index in [4.69, 9.17) is 4.74 Å². The number of hydrogen-bond donors (Lipinski definition) is 2. The molecule has 12 heteroatoms. The van der Waals surface area contributed by atoms with E-state index in [-0.39, 0.29) is 17.1 Å². The number of nitrogens with one attached hydrogen (secondary N) is 1. The van der Waals surface area contributed by atoms with Gasteiger partial charge >= 0.3 is 6.09 Å². The van der Waals surface area contributed by atoms with E-state index in [0.717, 1.165) is 9.54 Å². The standard InChI is InChI=1S/C27H30N6O5S/c1-17-8-10-20(11-9-17)39(36,37)32-14-12-21-23-22(15-28-25(21)32)29-24(18(2)34)33(23)31-13-6-7-19(16-31)38-26(35)30-27(3,4)5/h6-15,18,34H,16H2,1-5H3,(H,30,35)/t18-/m1/s1. The second-order valence-electron chi connectivity index (χ2n) is 10.5. The Morgan fingerprint density at radius 2 is 1.90 bits per heavy atom. The van der Waals surface area contributed by atoms with Crippen LogP contribution >= 0.6 is 0 Å². The molecule has 204 valence electrons. The predicted molar refractivity (Wildman–Crippen MR) is 147 cm³/mol. The maximum absolute atomic E-state index is 13.5. The summed E-state index contributed by atoms with van der Waals surface area (Å²) in [5.41, 5.74) is 1.73. The van der Waals surface area contributed by atoms with Crippen molar-refractivity contribution in [3.8, 4) is 0 Å². The highest BCUT2D eigenvalue weighted by Crippen LogP contribution is 2.31. The van der Waals surface area contributed by atoms with Gasteiger partial charge in [-0.3, -0.25) is 5.01 Å². The van der Waals surface area contributed by atoms with Gasteiger partial charge in [0, 0.05) is 23.3 Å². The number of hydrogen-bond acceptors (Lipinski definition) is 8. The smallest absolute Gasteiger partial charge is 0.412 e. The number of aryl methyl sites for hydroxylation is 1. The van der Waals surface area contributed by atoms with Gasteiger partial charge in [-0.05, 0) is 65.0 Å². The number of rotatable bonds is 5. The molecule has 0 spiro atoms. The summed E-state index contributed by atoms with van der Waals surface area (Å²) in [6.07, 6.45) is 6.56. The van der Waals surface area contributed by atoms with Gasteiger partial charge in [0.25, 0.3) is 10.0 Å². The minimum absolute atomic E-state index is 0.144. The number of fused-ring (bicyclic) bond motifs is 3. The zero-order valence-corrected chi connectivity index (χ0v) is 23.1. The number of aliphatic hydroxyl groups excluding tert-OH is 1. The van der Waals surface area contributed by atoms with E-state index in [1.54, 1.807) is 65.3 Å². The van der Waals surface area contributed by atoms with E-state index in [9.17, 15) is 18.3 Å². The lowest BCUT2D eigenvalue weighted by Crippen LogP contribution is -2.42. The molecule has 0 saturated heterocycles. The predicted octanol–water partition coefficient (Wildman–Crippen LogP) is 3.86. The van der Waals surface area contributed by atoms with Crippen molar-refractivity contribution in [2.75, 3.05) is 11.6 Å². The molecule has 2 N–H and O–H groups in total.